The maximum atomic E-state index is 11.6. The van der Waals surface area contributed by atoms with E-state index in [2.05, 4.69) is 4.99 Å². The first-order chi connectivity index (χ1) is 7.43. The second-order valence-electron chi connectivity index (χ2n) is 3.62. The molecule has 17 heavy (non-hydrogen) atoms. The van der Waals surface area contributed by atoms with Crippen LogP contribution in [-0.2, 0) is 0 Å². The van der Waals surface area contributed by atoms with Crippen LogP contribution in [0.2, 0.25) is 0 Å². The molecule has 0 unspecified atom stereocenters. The smallest absolute Gasteiger partial charge is 0.350 e. The van der Waals surface area contributed by atoms with Gasteiger partial charge in [0.15, 0.2) is 5.96 Å². The molecule has 0 saturated carbocycles. The molecule has 4 N–H and O–H groups in total. The minimum absolute atomic E-state index is 0. The molecule has 1 rings (SSSR count). The lowest BCUT2D eigenvalue weighted by Gasteiger charge is -2.19. The van der Waals surface area contributed by atoms with E-state index in [9.17, 15) is 4.79 Å². The van der Waals surface area contributed by atoms with E-state index < -0.39 is 6.03 Å². The molecule has 0 atom stereocenters. The van der Waals surface area contributed by atoms with Crippen molar-refractivity contribution < 1.29 is 4.79 Å². The highest BCUT2D eigenvalue weighted by molar-refractivity contribution is 6.00. The minimum Gasteiger partial charge on any atom is -0.370 e. The van der Waals surface area contributed by atoms with Crippen molar-refractivity contribution in [1.82, 2.24) is 0 Å². The summed E-state index contributed by atoms with van der Waals surface area (Å²) < 4.78 is 0. The van der Waals surface area contributed by atoms with Gasteiger partial charge in [-0.25, -0.2) is 4.79 Å². The molecule has 0 aliphatic rings. The SMILES string of the molecule is Cc1cccc(C)c1N(C)C(=O)N=C(N)N.Cl. The molecule has 1 aromatic carbocycles. The largest absolute Gasteiger partial charge is 0.370 e. The van der Waals surface area contributed by atoms with E-state index in [1.165, 1.54) is 4.90 Å². The number of halogens is 1. The van der Waals surface area contributed by atoms with Crippen LogP contribution in [0, 0.1) is 13.8 Å². The van der Waals surface area contributed by atoms with E-state index >= 15 is 0 Å². The van der Waals surface area contributed by atoms with E-state index in [-0.39, 0.29) is 18.4 Å². The number of carbonyl (C=O) groups is 1. The summed E-state index contributed by atoms with van der Waals surface area (Å²) in [6.45, 7) is 3.86. The molecule has 0 bridgehead atoms. The number of nitrogens with zero attached hydrogens (tertiary/aromatic N) is 2. The van der Waals surface area contributed by atoms with Gasteiger partial charge in [-0.2, -0.15) is 4.99 Å². The van der Waals surface area contributed by atoms with Gasteiger partial charge in [-0.1, -0.05) is 18.2 Å². The van der Waals surface area contributed by atoms with Crippen LogP contribution in [0.25, 0.3) is 0 Å². The maximum absolute atomic E-state index is 11.6. The fraction of sp³-hybridized carbons (Fsp3) is 0.273. The third-order valence-corrected chi connectivity index (χ3v) is 2.29. The number of aliphatic imine (C=N–C) groups is 1. The third kappa shape index (κ3) is 3.64. The molecule has 94 valence electrons. The third-order valence-electron chi connectivity index (χ3n) is 2.29. The summed E-state index contributed by atoms with van der Waals surface area (Å²) in [6, 6.07) is 5.33. The summed E-state index contributed by atoms with van der Waals surface area (Å²) in [5.74, 6) is -0.233. The Morgan fingerprint density at radius 1 is 1.24 bits per heavy atom. The standard InChI is InChI=1S/C11H16N4O.ClH/c1-7-5-4-6-8(2)9(7)15(3)11(16)14-10(12)13;/h4-6H,1-3H3,(H4,12,13,14,16);1H. The van der Waals surface area contributed by atoms with Crippen LogP contribution < -0.4 is 16.4 Å². The number of hydrogen-bond acceptors (Lipinski definition) is 1. The van der Waals surface area contributed by atoms with Crippen molar-refractivity contribution in [2.24, 2.45) is 16.5 Å². The lowest BCUT2D eigenvalue weighted by molar-refractivity contribution is 0.255. The van der Waals surface area contributed by atoms with Gasteiger partial charge < -0.3 is 11.5 Å². The summed E-state index contributed by atoms with van der Waals surface area (Å²) in [7, 11) is 1.64. The summed E-state index contributed by atoms with van der Waals surface area (Å²) in [6.07, 6.45) is 0. The van der Waals surface area contributed by atoms with Gasteiger partial charge in [0.2, 0.25) is 0 Å². The number of guanidine groups is 1. The molecule has 0 aliphatic carbocycles. The Morgan fingerprint density at radius 3 is 2.12 bits per heavy atom. The van der Waals surface area contributed by atoms with Gasteiger partial charge in [0, 0.05) is 7.05 Å². The topological polar surface area (TPSA) is 84.7 Å². The van der Waals surface area contributed by atoms with Crippen molar-refractivity contribution in [3.05, 3.63) is 29.3 Å². The number of rotatable bonds is 1. The van der Waals surface area contributed by atoms with E-state index in [0.29, 0.717) is 0 Å². The Labute approximate surface area is 107 Å². The molecule has 6 heteroatoms. The molecule has 0 heterocycles. The molecule has 0 radical (unpaired) electrons. The number of nitrogens with two attached hydrogens (primary N) is 2. The zero-order chi connectivity index (χ0) is 12.3. The van der Waals surface area contributed by atoms with Crippen LogP contribution in [0.1, 0.15) is 11.1 Å². The van der Waals surface area contributed by atoms with Gasteiger partial charge in [0.05, 0.1) is 5.69 Å². The Morgan fingerprint density at radius 2 is 1.71 bits per heavy atom. The highest BCUT2D eigenvalue weighted by Crippen LogP contribution is 2.23. The van der Waals surface area contributed by atoms with Crippen molar-refractivity contribution in [2.45, 2.75) is 13.8 Å². The highest BCUT2D eigenvalue weighted by Gasteiger charge is 2.14. The molecule has 5 nitrogen and oxygen atoms in total. The van der Waals surface area contributed by atoms with Gasteiger partial charge in [0.1, 0.15) is 0 Å². The van der Waals surface area contributed by atoms with Crippen LogP contribution in [0.4, 0.5) is 10.5 Å². The van der Waals surface area contributed by atoms with Gasteiger partial charge in [0.25, 0.3) is 0 Å². The van der Waals surface area contributed by atoms with Crippen molar-refractivity contribution in [3.8, 4) is 0 Å². The van der Waals surface area contributed by atoms with Crippen molar-refractivity contribution >= 4 is 30.1 Å². The van der Waals surface area contributed by atoms with E-state index in [4.69, 9.17) is 11.5 Å². The number of hydrogen-bond donors (Lipinski definition) is 2. The zero-order valence-electron chi connectivity index (χ0n) is 10.1. The predicted molar refractivity (Wildman–Crippen MR) is 72.8 cm³/mol. The molecule has 0 spiro atoms. The Kier molecular flexibility index (Phi) is 5.47. The van der Waals surface area contributed by atoms with E-state index in [1.807, 2.05) is 32.0 Å². The predicted octanol–water partition coefficient (Wildman–Crippen LogP) is 1.55. The summed E-state index contributed by atoms with van der Waals surface area (Å²) in [4.78, 5) is 16.6. The Bertz CT molecular complexity index is 421. The quantitative estimate of drug-likeness (QED) is 0.591. The van der Waals surface area contributed by atoms with Gasteiger partial charge in [-0.05, 0) is 25.0 Å². The molecule has 1 aromatic rings. The second-order valence-corrected chi connectivity index (χ2v) is 3.62. The first kappa shape index (κ1) is 15.2. The van der Waals surface area contributed by atoms with Crippen LogP contribution >= 0.6 is 12.4 Å². The molecule has 2 amide bonds. The van der Waals surface area contributed by atoms with E-state index in [0.717, 1.165) is 16.8 Å². The number of amides is 2. The fourth-order valence-corrected chi connectivity index (χ4v) is 1.62. The number of urea groups is 1. The van der Waals surface area contributed by atoms with Crippen LogP contribution in [0.5, 0.6) is 0 Å². The normalized spacial score (nSPS) is 9.12. The zero-order valence-corrected chi connectivity index (χ0v) is 10.9. The number of anilines is 1. The first-order valence-corrected chi connectivity index (χ1v) is 4.87. The lowest BCUT2D eigenvalue weighted by Crippen LogP contribution is -2.30. The second kappa shape index (κ2) is 6.10. The van der Waals surface area contributed by atoms with Crippen molar-refractivity contribution in [2.75, 3.05) is 11.9 Å². The van der Waals surface area contributed by atoms with Gasteiger partial charge in [-0.3, -0.25) is 4.90 Å². The molecular formula is C11H17ClN4O. The Hall–Kier alpha value is -1.75. The summed E-state index contributed by atoms with van der Waals surface area (Å²) >= 11 is 0. The van der Waals surface area contributed by atoms with Crippen LogP contribution in [-0.4, -0.2) is 19.0 Å². The number of carbonyl (C=O) groups excluding carboxylic acids is 1. The monoisotopic (exact) mass is 256 g/mol. The molecular weight excluding hydrogens is 240 g/mol. The van der Waals surface area contributed by atoms with Gasteiger partial charge >= 0.3 is 6.03 Å². The summed E-state index contributed by atoms with van der Waals surface area (Å²) in [5, 5.41) is 0. The van der Waals surface area contributed by atoms with Crippen molar-refractivity contribution in [3.63, 3.8) is 0 Å². The average Bonchev–Trinajstić information content (AvgIpc) is 2.16. The highest BCUT2D eigenvalue weighted by atomic mass is 35.5. The first-order valence-electron chi connectivity index (χ1n) is 4.87. The van der Waals surface area contributed by atoms with Crippen LogP contribution in [0.15, 0.2) is 23.2 Å². The van der Waals surface area contributed by atoms with E-state index in [1.54, 1.807) is 7.05 Å². The number of aryl methyl sites for hydroxylation is 2. The number of benzene rings is 1. The Balaban J connectivity index is 0.00000256. The number of para-hydroxylation sites is 1. The van der Waals surface area contributed by atoms with Crippen molar-refractivity contribution in [1.29, 1.82) is 0 Å². The molecule has 0 saturated heterocycles. The lowest BCUT2D eigenvalue weighted by atomic mass is 10.1. The molecule has 0 aromatic heterocycles. The van der Waals surface area contributed by atoms with Crippen LogP contribution in [0.3, 0.4) is 0 Å². The molecule has 0 aliphatic heterocycles. The average molecular weight is 257 g/mol. The van der Waals surface area contributed by atoms with Gasteiger partial charge in [-0.15, -0.1) is 12.4 Å². The minimum atomic E-state index is -0.475. The molecule has 0 fully saturated rings. The maximum Gasteiger partial charge on any atom is 0.350 e. The summed E-state index contributed by atoms with van der Waals surface area (Å²) in [5.41, 5.74) is 13.2. The fourth-order valence-electron chi connectivity index (χ4n) is 1.62.